The van der Waals surface area contributed by atoms with E-state index in [9.17, 15) is 0 Å². The first kappa shape index (κ1) is 19.7. The Morgan fingerprint density at radius 2 is 1.93 bits per heavy atom. The van der Waals surface area contributed by atoms with Crippen molar-refractivity contribution in [2.75, 3.05) is 5.43 Å². The second-order valence-electron chi connectivity index (χ2n) is 6.15. The van der Waals surface area contributed by atoms with Gasteiger partial charge in [0.05, 0.1) is 16.3 Å². The summed E-state index contributed by atoms with van der Waals surface area (Å²) < 4.78 is 0. The van der Waals surface area contributed by atoms with Gasteiger partial charge < -0.3 is 0 Å². The molecule has 2 aromatic carbocycles. The summed E-state index contributed by atoms with van der Waals surface area (Å²) in [5.41, 5.74) is 8.71. The third-order valence-corrected chi connectivity index (χ3v) is 5.71. The summed E-state index contributed by atoms with van der Waals surface area (Å²) in [7, 11) is 0. The average Bonchev–Trinajstić information content (AvgIpc) is 3.05. The third kappa shape index (κ3) is 5.03. The predicted octanol–water partition coefficient (Wildman–Crippen LogP) is 5.78. The Labute approximate surface area is 172 Å². The largest absolute Gasteiger partial charge is 0.246 e. The summed E-state index contributed by atoms with van der Waals surface area (Å²) >= 11 is 13.7. The molecule has 0 radical (unpaired) electrons. The highest BCUT2D eigenvalue weighted by Gasteiger charge is 2.08. The Morgan fingerprint density at radius 3 is 2.67 bits per heavy atom. The summed E-state index contributed by atoms with van der Waals surface area (Å²) in [5.74, 6) is 1.28. The first-order chi connectivity index (χ1) is 12.9. The van der Waals surface area contributed by atoms with E-state index in [0.29, 0.717) is 21.2 Å². The van der Waals surface area contributed by atoms with E-state index in [0.717, 1.165) is 11.3 Å². The smallest absolute Gasteiger partial charge is 0.240 e. The molecule has 1 aromatic heterocycles. The van der Waals surface area contributed by atoms with Gasteiger partial charge in [-0.2, -0.15) is 10.1 Å². The molecule has 0 spiro atoms. The number of aryl methyl sites for hydroxylation is 3. The van der Waals surface area contributed by atoms with Crippen molar-refractivity contribution in [2.45, 2.75) is 31.7 Å². The molecule has 8 heteroatoms. The van der Waals surface area contributed by atoms with Gasteiger partial charge in [0.25, 0.3) is 0 Å². The Hall–Kier alpha value is -2.02. The number of anilines is 1. The van der Waals surface area contributed by atoms with Crippen LogP contribution in [0.15, 0.2) is 40.6 Å². The number of aromatic nitrogens is 3. The van der Waals surface area contributed by atoms with Gasteiger partial charge in [-0.15, -0.1) is 5.10 Å². The van der Waals surface area contributed by atoms with Crippen LogP contribution in [0.5, 0.6) is 0 Å². The standard InChI is InChI=1S/C19H19Cl2N5S/c1-11-7-12(2)15(13(3)8-11)10-27-19-23-18(25-26-19)24-22-9-14-5-4-6-16(20)17(14)21/h4-9H,10H2,1-3H3,(H2,23,24,25,26)/b22-9-. The van der Waals surface area contributed by atoms with E-state index in [1.54, 1.807) is 24.0 Å². The molecular weight excluding hydrogens is 401 g/mol. The van der Waals surface area contributed by atoms with Crippen LogP contribution in [0.25, 0.3) is 0 Å². The number of nitrogens with zero attached hydrogens (tertiary/aromatic N) is 3. The molecule has 3 rings (SSSR count). The number of aromatic amines is 1. The topological polar surface area (TPSA) is 66.0 Å². The van der Waals surface area contributed by atoms with Gasteiger partial charge in [-0.3, -0.25) is 0 Å². The maximum absolute atomic E-state index is 6.12. The molecule has 0 aliphatic carbocycles. The first-order valence-electron chi connectivity index (χ1n) is 8.29. The second kappa shape index (κ2) is 8.78. The lowest BCUT2D eigenvalue weighted by Crippen LogP contribution is -1.94. The number of benzene rings is 2. The molecule has 3 aromatic rings. The second-order valence-corrected chi connectivity index (χ2v) is 7.87. The molecule has 0 saturated heterocycles. The number of H-pyrrole nitrogens is 1. The van der Waals surface area contributed by atoms with E-state index in [1.165, 1.54) is 22.3 Å². The highest BCUT2D eigenvalue weighted by Crippen LogP contribution is 2.26. The summed E-state index contributed by atoms with van der Waals surface area (Å²) in [6.07, 6.45) is 1.59. The van der Waals surface area contributed by atoms with Crippen molar-refractivity contribution in [1.29, 1.82) is 0 Å². The number of rotatable bonds is 6. The van der Waals surface area contributed by atoms with Gasteiger partial charge in [0.1, 0.15) is 0 Å². The lowest BCUT2D eigenvalue weighted by molar-refractivity contribution is 0.972. The Balaban J connectivity index is 1.60. The number of nitrogens with one attached hydrogen (secondary N) is 2. The molecule has 0 amide bonds. The third-order valence-electron chi connectivity index (χ3n) is 4.01. The molecule has 0 unspecified atom stereocenters. The van der Waals surface area contributed by atoms with Crippen LogP contribution in [-0.2, 0) is 5.75 Å². The van der Waals surface area contributed by atoms with Gasteiger partial charge in [0, 0.05) is 11.3 Å². The fourth-order valence-corrected chi connectivity index (χ4v) is 4.07. The molecule has 2 N–H and O–H groups in total. The first-order valence-corrected chi connectivity index (χ1v) is 10.0. The van der Waals surface area contributed by atoms with Crippen LogP contribution >= 0.6 is 35.0 Å². The summed E-state index contributed by atoms with van der Waals surface area (Å²) in [6.45, 7) is 6.38. The Kier molecular flexibility index (Phi) is 6.42. The number of hydrogen-bond donors (Lipinski definition) is 2. The molecule has 0 bridgehead atoms. The molecule has 0 atom stereocenters. The van der Waals surface area contributed by atoms with Crippen LogP contribution < -0.4 is 5.43 Å². The van der Waals surface area contributed by atoms with E-state index in [1.807, 2.05) is 12.1 Å². The Morgan fingerprint density at radius 1 is 1.19 bits per heavy atom. The fraction of sp³-hybridized carbons (Fsp3) is 0.211. The van der Waals surface area contributed by atoms with Crippen molar-refractivity contribution >= 4 is 47.1 Å². The highest BCUT2D eigenvalue weighted by atomic mass is 35.5. The zero-order valence-corrected chi connectivity index (χ0v) is 17.5. The van der Waals surface area contributed by atoms with Crippen molar-refractivity contribution in [3.8, 4) is 0 Å². The van der Waals surface area contributed by atoms with Crippen LogP contribution in [0.1, 0.15) is 27.8 Å². The minimum Gasteiger partial charge on any atom is -0.246 e. The monoisotopic (exact) mass is 419 g/mol. The van der Waals surface area contributed by atoms with Crippen LogP contribution in [0.2, 0.25) is 10.0 Å². The van der Waals surface area contributed by atoms with Gasteiger partial charge in [-0.05, 0) is 43.5 Å². The van der Waals surface area contributed by atoms with Gasteiger partial charge in [0.2, 0.25) is 11.1 Å². The summed E-state index contributed by atoms with van der Waals surface area (Å²) in [4.78, 5) is 4.39. The summed E-state index contributed by atoms with van der Waals surface area (Å²) in [5, 5.41) is 12.8. The van der Waals surface area contributed by atoms with Crippen molar-refractivity contribution in [1.82, 2.24) is 15.2 Å². The van der Waals surface area contributed by atoms with Crippen LogP contribution in [0.3, 0.4) is 0 Å². The van der Waals surface area contributed by atoms with Crippen LogP contribution in [-0.4, -0.2) is 21.4 Å². The summed E-state index contributed by atoms with van der Waals surface area (Å²) in [6, 6.07) is 9.76. The average molecular weight is 420 g/mol. The molecule has 0 saturated carbocycles. The maximum atomic E-state index is 6.12. The molecule has 0 fully saturated rings. The molecule has 140 valence electrons. The highest BCUT2D eigenvalue weighted by molar-refractivity contribution is 7.98. The predicted molar refractivity (Wildman–Crippen MR) is 114 cm³/mol. The van der Waals surface area contributed by atoms with E-state index in [-0.39, 0.29) is 0 Å². The SMILES string of the molecule is Cc1cc(C)c(CSc2n[nH]c(N/N=C\c3cccc(Cl)c3Cl)n2)c(C)c1. The van der Waals surface area contributed by atoms with Crippen molar-refractivity contribution in [3.05, 3.63) is 68.2 Å². The van der Waals surface area contributed by atoms with Gasteiger partial charge in [-0.1, -0.05) is 64.8 Å². The minimum atomic E-state index is 0.461. The van der Waals surface area contributed by atoms with Crippen LogP contribution in [0.4, 0.5) is 5.95 Å². The zero-order valence-electron chi connectivity index (χ0n) is 15.2. The Bertz CT molecular complexity index is 961. The van der Waals surface area contributed by atoms with E-state index < -0.39 is 0 Å². The number of thioether (sulfide) groups is 1. The molecule has 0 aliphatic rings. The molecule has 1 heterocycles. The van der Waals surface area contributed by atoms with Crippen molar-refractivity contribution in [3.63, 3.8) is 0 Å². The van der Waals surface area contributed by atoms with Gasteiger partial charge in [-0.25, -0.2) is 10.5 Å². The van der Waals surface area contributed by atoms with Crippen LogP contribution in [0, 0.1) is 20.8 Å². The molecule has 0 aliphatic heterocycles. The minimum absolute atomic E-state index is 0.461. The van der Waals surface area contributed by atoms with E-state index in [4.69, 9.17) is 23.2 Å². The lowest BCUT2D eigenvalue weighted by Gasteiger charge is -2.09. The number of hydrazone groups is 1. The van der Waals surface area contributed by atoms with E-state index in [2.05, 4.69) is 58.6 Å². The fourth-order valence-electron chi connectivity index (χ4n) is 2.72. The van der Waals surface area contributed by atoms with Gasteiger partial charge >= 0.3 is 0 Å². The quantitative estimate of drug-likeness (QED) is 0.302. The zero-order chi connectivity index (χ0) is 19.4. The maximum Gasteiger partial charge on any atom is 0.240 e. The van der Waals surface area contributed by atoms with Gasteiger partial charge in [0.15, 0.2) is 0 Å². The molecule has 5 nitrogen and oxygen atoms in total. The number of halogens is 2. The van der Waals surface area contributed by atoms with Crippen molar-refractivity contribution < 1.29 is 0 Å². The van der Waals surface area contributed by atoms with E-state index >= 15 is 0 Å². The normalized spacial score (nSPS) is 11.3. The lowest BCUT2D eigenvalue weighted by atomic mass is 10.0. The molecular formula is C19H19Cl2N5S. The molecule has 27 heavy (non-hydrogen) atoms. The van der Waals surface area contributed by atoms with Crippen molar-refractivity contribution in [2.24, 2.45) is 5.10 Å². The number of hydrogen-bond acceptors (Lipinski definition) is 5.